The molecular weight excluding hydrogens is 339 g/mol. The van der Waals surface area contributed by atoms with E-state index in [0.717, 1.165) is 12.1 Å². The summed E-state index contributed by atoms with van der Waals surface area (Å²) in [6.45, 7) is -0.0885. The van der Waals surface area contributed by atoms with Crippen molar-refractivity contribution in [3.63, 3.8) is 0 Å². The van der Waals surface area contributed by atoms with Crippen molar-refractivity contribution in [2.24, 2.45) is 0 Å². The van der Waals surface area contributed by atoms with Gasteiger partial charge in [-0.05, 0) is 18.2 Å². The summed E-state index contributed by atoms with van der Waals surface area (Å²) in [5, 5.41) is 2.48. The zero-order chi connectivity index (χ0) is 18.6. The predicted molar refractivity (Wildman–Crippen MR) is 83.3 cm³/mol. The van der Waals surface area contributed by atoms with Crippen molar-refractivity contribution >= 4 is 11.9 Å². The fourth-order valence-electron chi connectivity index (χ4n) is 1.85. The van der Waals surface area contributed by atoms with Crippen LogP contribution in [-0.4, -0.2) is 42.1 Å². The van der Waals surface area contributed by atoms with Gasteiger partial charge in [0.15, 0.2) is 5.82 Å². The lowest BCUT2D eigenvalue weighted by atomic mass is 10.1. The van der Waals surface area contributed by atoms with Crippen LogP contribution in [0.4, 0.5) is 19.1 Å². The summed E-state index contributed by atoms with van der Waals surface area (Å²) in [4.78, 5) is 25.8. The number of nitrogens with zero attached hydrogens (tertiary/aromatic N) is 4. The van der Waals surface area contributed by atoms with E-state index in [1.165, 1.54) is 19.2 Å². The van der Waals surface area contributed by atoms with E-state index < -0.39 is 17.6 Å². The molecule has 0 atom stereocenters. The van der Waals surface area contributed by atoms with Crippen LogP contribution < -0.4 is 15.0 Å². The number of nitrogens with one attached hydrogen (secondary N) is 1. The fraction of sp³-hybridized carbons (Fsp3) is 0.333. The number of benzene rings is 1. The van der Waals surface area contributed by atoms with Crippen molar-refractivity contribution in [3.05, 3.63) is 41.2 Å². The van der Waals surface area contributed by atoms with Crippen molar-refractivity contribution in [1.29, 1.82) is 0 Å². The topological polar surface area (TPSA) is 80.2 Å². The fourth-order valence-corrected chi connectivity index (χ4v) is 1.85. The molecule has 25 heavy (non-hydrogen) atoms. The summed E-state index contributed by atoms with van der Waals surface area (Å²) in [5.41, 5.74) is -0.999. The predicted octanol–water partition coefficient (Wildman–Crippen LogP) is 1.90. The second-order valence-electron chi connectivity index (χ2n) is 5.19. The molecule has 1 heterocycles. The van der Waals surface area contributed by atoms with E-state index >= 15 is 0 Å². The molecule has 0 saturated heterocycles. The summed E-state index contributed by atoms with van der Waals surface area (Å²) < 4.78 is 43.1. The Morgan fingerprint density at radius 1 is 1.24 bits per heavy atom. The van der Waals surface area contributed by atoms with Crippen LogP contribution in [0.3, 0.4) is 0 Å². The molecule has 0 unspecified atom stereocenters. The highest BCUT2D eigenvalue weighted by Crippen LogP contribution is 2.29. The van der Waals surface area contributed by atoms with Gasteiger partial charge >= 0.3 is 12.2 Å². The standard InChI is InChI=1S/C15H16F3N5O2/c1-23(2)13-20-11(21-14(22-13)25-3)8-19-12(24)9-5-4-6-10(7-9)15(16,17)18/h4-7H,8H2,1-3H3,(H,19,24). The molecule has 7 nitrogen and oxygen atoms in total. The maximum absolute atomic E-state index is 12.7. The Bertz CT molecular complexity index is 765. The van der Waals surface area contributed by atoms with Gasteiger partial charge in [0.25, 0.3) is 5.91 Å². The number of hydrogen-bond donors (Lipinski definition) is 1. The minimum absolute atomic E-state index is 0.0713. The van der Waals surface area contributed by atoms with E-state index in [2.05, 4.69) is 20.3 Å². The Kier molecular flexibility index (Phi) is 5.40. The molecular formula is C15H16F3N5O2. The lowest BCUT2D eigenvalue weighted by Crippen LogP contribution is -2.25. The van der Waals surface area contributed by atoms with Gasteiger partial charge in [0, 0.05) is 19.7 Å². The van der Waals surface area contributed by atoms with Crippen LogP contribution in [0.25, 0.3) is 0 Å². The van der Waals surface area contributed by atoms with E-state index in [1.54, 1.807) is 19.0 Å². The number of amides is 1. The quantitative estimate of drug-likeness (QED) is 0.882. The molecule has 1 aromatic heterocycles. The average molecular weight is 355 g/mol. The monoisotopic (exact) mass is 355 g/mol. The van der Waals surface area contributed by atoms with Gasteiger partial charge in [-0.3, -0.25) is 4.79 Å². The summed E-state index contributed by atoms with van der Waals surface area (Å²) in [6, 6.07) is 4.23. The number of carbonyl (C=O) groups excluding carboxylic acids is 1. The molecule has 1 N–H and O–H groups in total. The van der Waals surface area contributed by atoms with Crippen LogP contribution in [0.15, 0.2) is 24.3 Å². The second-order valence-corrected chi connectivity index (χ2v) is 5.19. The van der Waals surface area contributed by atoms with Crippen LogP contribution in [0, 0.1) is 0 Å². The first-order chi connectivity index (χ1) is 11.7. The van der Waals surface area contributed by atoms with Crippen LogP contribution in [-0.2, 0) is 12.7 Å². The first kappa shape index (κ1) is 18.4. The van der Waals surface area contributed by atoms with Gasteiger partial charge < -0.3 is 15.0 Å². The van der Waals surface area contributed by atoms with E-state index in [1.807, 2.05) is 0 Å². The molecule has 2 aromatic rings. The van der Waals surface area contributed by atoms with Crippen molar-refractivity contribution in [3.8, 4) is 6.01 Å². The molecule has 0 fully saturated rings. The Morgan fingerprint density at radius 2 is 1.96 bits per heavy atom. The van der Waals surface area contributed by atoms with Gasteiger partial charge in [-0.2, -0.15) is 28.1 Å². The van der Waals surface area contributed by atoms with Crippen molar-refractivity contribution in [2.45, 2.75) is 12.7 Å². The van der Waals surface area contributed by atoms with Gasteiger partial charge in [0.05, 0.1) is 19.2 Å². The van der Waals surface area contributed by atoms with E-state index in [4.69, 9.17) is 4.74 Å². The highest BCUT2D eigenvalue weighted by Gasteiger charge is 2.30. The molecule has 2 rings (SSSR count). The molecule has 0 aliphatic rings. The molecule has 0 bridgehead atoms. The third-order valence-corrected chi connectivity index (χ3v) is 3.09. The summed E-state index contributed by atoms with van der Waals surface area (Å²) in [6.07, 6.45) is -4.52. The number of methoxy groups -OCH3 is 1. The number of halogens is 3. The maximum Gasteiger partial charge on any atom is 0.416 e. The summed E-state index contributed by atoms with van der Waals surface area (Å²) >= 11 is 0. The number of ether oxygens (including phenoxy) is 1. The van der Waals surface area contributed by atoms with Crippen molar-refractivity contribution in [1.82, 2.24) is 20.3 Å². The van der Waals surface area contributed by atoms with E-state index in [9.17, 15) is 18.0 Å². The molecule has 1 aromatic carbocycles. The first-order valence-electron chi connectivity index (χ1n) is 7.12. The minimum Gasteiger partial charge on any atom is -0.467 e. The maximum atomic E-state index is 12.7. The summed E-state index contributed by atoms with van der Waals surface area (Å²) in [7, 11) is 4.83. The number of anilines is 1. The van der Waals surface area contributed by atoms with Crippen molar-refractivity contribution in [2.75, 3.05) is 26.1 Å². The zero-order valence-corrected chi connectivity index (χ0v) is 13.8. The Balaban J connectivity index is 2.14. The third kappa shape index (κ3) is 4.78. The van der Waals surface area contributed by atoms with Crippen LogP contribution in [0.5, 0.6) is 6.01 Å². The highest BCUT2D eigenvalue weighted by atomic mass is 19.4. The molecule has 0 radical (unpaired) electrons. The molecule has 0 aliphatic heterocycles. The number of aromatic nitrogens is 3. The lowest BCUT2D eigenvalue weighted by Gasteiger charge is -2.12. The molecule has 0 aliphatic carbocycles. The smallest absolute Gasteiger partial charge is 0.416 e. The molecule has 134 valence electrons. The van der Waals surface area contributed by atoms with E-state index in [-0.39, 0.29) is 23.9 Å². The van der Waals surface area contributed by atoms with E-state index in [0.29, 0.717) is 5.95 Å². The molecule has 0 saturated carbocycles. The average Bonchev–Trinajstić information content (AvgIpc) is 2.58. The number of carbonyl (C=O) groups is 1. The first-order valence-corrected chi connectivity index (χ1v) is 7.12. The Morgan fingerprint density at radius 3 is 2.56 bits per heavy atom. The molecule has 10 heteroatoms. The zero-order valence-electron chi connectivity index (χ0n) is 13.8. The number of hydrogen-bond acceptors (Lipinski definition) is 6. The van der Waals surface area contributed by atoms with Crippen LogP contribution in [0.2, 0.25) is 0 Å². The van der Waals surface area contributed by atoms with Gasteiger partial charge in [-0.1, -0.05) is 6.07 Å². The summed E-state index contributed by atoms with van der Waals surface area (Å²) in [5.74, 6) is -0.122. The van der Waals surface area contributed by atoms with Gasteiger partial charge in [-0.25, -0.2) is 0 Å². The van der Waals surface area contributed by atoms with Gasteiger partial charge in [0.2, 0.25) is 5.95 Å². The normalized spacial score (nSPS) is 11.1. The van der Waals surface area contributed by atoms with Crippen LogP contribution >= 0.6 is 0 Å². The highest BCUT2D eigenvalue weighted by molar-refractivity contribution is 5.94. The second kappa shape index (κ2) is 7.32. The Hall–Kier alpha value is -2.91. The lowest BCUT2D eigenvalue weighted by molar-refractivity contribution is -0.137. The molecule has 1 amide bonds. The van der Waals surface area contributed by atoms with Crippen molar-refractivity contribution < 1.29 is 22.7 Å². The van der Waals surface area contributed by atoms with Gasteiger partial charge in [-0.15, -0.1) is 0 Å². The Labute approximate surface area is 141 Å². The van der Waals surface area contributed by atoms with Gasteiger partial charge in [0.1, 0.15) is 0 Å². The SMILES string of the molecule is COc1nc(CNC(=O)c2cccc(C(F)(F)F)c2)nc(N(C)C)n1. The largest absolute Gasteiger partial charge is 0.467 e. The third-order valence-electron chi connectivity index (χ3n) is 3.09. The minimum atomic E-state index is -4.52. The molecule has 0 spiro atoms. The number of rotatable bonds is 5. The number of alkyl halides is 3. The van der Waals surface area contributed by atoms with Crippen LogP contribution in [0.1, 0.15) is 21.7 Å².